The summed E-state index contributed by atoms with van der Waals surface area (Å²) in [7, 11) is -5.79. The SMILES string of the molecule is CC(C)(C)[C@H](NC(=O)c1cc2cc(C(F)(F)P(=O)(O)O)ccc2s1)C(=O)N1Cc2ccccc2[C@H]1C(=O)N1CCO[C@H](c2ccccc2)C1. The average Bonchev–Trinajstić information content (AvgIpc) is 3.68. The molecule has 4 aromatic rings. The van der Waals surface area contributed by atoms with E-state index in [4.69, 9.17) is 14.5 Å². The third-order valence-electron chi connectivity index (χ3n) is 8.91. The van der Waals surface area contributed by atoms with Crippen molar-refractivity contribution in [3.05, 3.63) is 106 Å². The Hall–Kier alpha value is -4.00. The largest absolute Gasteiger partial charge is 0.399 e. The highest BCUT2D eigenvalue weighted by molar-refractivity contribution is 7.52. The van der Waals surface area contributed by atoms with Crippen molar-refractivity contribution in [1.82, 2.24) is 15.1 Å². The van der Waals surface area contributed by atoms with E-state index in [1.165, 1.54) is 17.0 Å². The Morgan fingerprint density at radius 1 is 1.00 bits per heavy atom. The zero-order valence-corrected chi connectivity index (χ0v) is 28.7. The van der Waals surface area contributed by atoms with E-state index in [0.29, 0.717) is 24.4 Å². The number of alkyl halides is 2. The highest BCUT2D eigenvalue weighted by atomic mass is 32.1. The Balaban J connectivity index is 1.26. The van der Waals surface area contributed by atoms with E-state index in [9.17, 15) is 27.7 Å². The summed E-state index contributed by atoms with van der Waals surface area (Å²) in [4.78, 5) is 64.1. The number of hydrogen-bond acceptors (Lipinski definition) is 6. The quantitative estimate of drug-likeness (QED) is 0.202. The molecule has 14 heteroatoms. The summed E-state index contributed by atoms with van der Waals surface area (Å²) in [5, 5.41) is 3.03. The van der Waals surface area contributed by atoms with Crippen LogP contribution >= 0.6 is 18.9 Å². The monoisotopic (exact) mass is 711 g/mol. The van der Waals surface area contributed by atoms with E-state index < -0.39 is 48.1 Å². The molecule has 0 spiro atoms. The van der Waals surface area contributed by atoms with E-state index >= 15 is 0 Å². The first kappa shape index (κ1) is 34.8. The molecule has 1 saturated heterocycles. The van der Waals surface area contributed by atoms with Crippen molar-refractivity contribution in [3.63, 3.8) is 0 Å². The van der Waals surface area contributed by atoms with Crippen molar-refractivity contribution < 1.29 is 42.3 Å². The molecule has 3 N–H and O–H groups in total. The molecule has 3 atom stereocenters. The van der Waals surface area contributed by atoms with Crippen LogP contribution in [-0.2, 0) is 31.1 Å². The summed E-state index contributed by atoms with van der Waals surface area (Å²) < 4.78 is 46.6. The molecule has 0 saturated carbocycles. The highest BCUT2D eigenvalue weighted by Gasteiger charge is 2.50. The lowest BCUT2D eigenvalue weighted by Gasteiger charge is -2.39. The molecule has 0 unspecified atom stereocenters. The van der Waals surface area contributed by atoms with Gasteiger partial charge in [0.25, 0.3) is 5.91 Å². The Kier molecular flexibility index (Phi) is 9.27. The number of carbonyl (C=O) groups is 3. The number of rotatable bonds is 7. The average molecular weight is 712 g/mol. The van der Waals surface area contributed by atoms with Gasteiger partial charge in [0.1, 0.15) is 18.2 Å². The normalized spacial score (nSPS) is 19.1. The van der Waals surface area contributed by atoms with Gasteiger partial charge in [-0.2, -0.15) is 8.78 Å². The van der Waals surface area contributed by atoms with Gasteiger partial charge in [-0.15, -0.1) is 11.3 Å². The van der Waals surface area contributed by atoms with Gasteiger partial charge < -0.3 is 29.6 Å². The lowest BCUT2D eigenvalue weighted by molar-refractivity contribution is -0.152. The van der Waals surface area contributed by atoms with Crippen LogP contribution in [0.2, 0.25) is 0 Å². The number of ether oxygens (including phenoxy) is 1. The van der Waals surface area contributed by atoms with E-state index in [1.54, 1.807) is 25.7 Å². The Bertz CT molecular complexity index is 1960. The molecule has 258 valence electrons. The van der Waals surface area contributed by atoms with Crippen molar-refractivity contribution >= 4 is 46.7 Å². The molecule has 0 bridgehead atoms. The molecule has 1 fully saturated rings. The van der Waals surface area contributed by atoms with Gasteiger partial charge in [0.15, 0.2) is 0 Å². The molecule has 10 nitrogen and oxygen atoms in total. The number of thiophene rings is 1. The fourth-order valence-electron chi connectivity index (χ4n) is 6.28. The second-order valence-electron chi connectivity index (χ2n) is 13.3. The summed E-state index contributed by atoms with van der Waals surface area (Å²) in [6.45, 7) is 6.56. The summed E-state index contributed by atoms with van der Waals surface area (Å²) >= 11 is 0.993. The van der Waals surface area contributed by atoms with Gasteiger partial charge in [-0.3, -0.25) is 18.9 Å². The number of fused-ring (bicyclic) bond motifs is 2. The molecule has 2 aliphatic rings. The van der Waals surface area contributed by atoms with E-state index in [1.807, 2.05) is 54.6 Å². The van der Waals surface area contributed by atoms with E-state index in [-0.39, 0.29) is 28.8 Å². The van der Waals surface area contributed by atoms with E-state index in [0.717, 1.165) is 40.2 Å². The molecular formula is C35H36F2N3O7PS. The van der Waals surface area contributed by atoms with Crippen LogP contribution in [0.25, 0.3) is 10.1 Å². The minimum atomic E-state index is -5.79. The third-order valence-corrected chi connectivity index (χ3v) is 11.0. The molecule has 3 amide bonds. The maximum atomic E-state index is 14.5. The zero-order valence-electron chi connectivity index (χ0n) is 27.0. The summed E-state index contributed by atoms with van der Waals surface area (Å²) in [5.74, 6) is -1.32. The number of halogens is 2. The third kappa shape index (κ3) is 6.78. The van der Waals surface area contributed by atoms with Crippen molar-refractivity contribution in [1.29, 1.82) is 0 Å². The maximum Gasteiger partial charge on any atom is 0.399 e. The maximum absolute atomic E-state index is 14.5. The predicted molar refractivity (Wildman–Crippen MR) is 180 cm³/mol. The number of morpholine rings is 1. The molecule has 2 aliphatic heterocycles. The number of nitrogens with zero attached hydrogens (tertiary/aromatic N) is 2. The number of benzene rings is 3. The van der Waals surface area contributed by atoms with Crippen molar-refractivity contribution in [2.24, 2.45) is 5.41 Å². The highest BCUT2D eigenvalue weighted by Crippen LogP contribution is 2.59. The number of nitrogens with one attached hydrogen (secondary N) is 1. The summed E-state index contributed by atoms with van der Waals surface area (Å²) in [5.41, 5.74) is -3.59. The zero-order chi connectivity index (χ0) is 35.3. The first-order chi connectivity index (χ1) is 23.1. The summed E-state index contributed by atoms with van der Waals surface area (Å²) in [6.07, 6.45) is -0.318. The lowest BCUT2D eigenvalue weighted by Crippen LogP contribution is -2.56. The van der Waals surface area contributed by atoms with Crippen LogP contribution < -0.4 is 5.32 Å². The van der Waals surface area contributed by atoms with Crippen LogP contribution in [0.15, 0.2) is 78.9 Å². The first-order valence-electron chi connectivity index (χ1n) is 15.7. The second-order valence-corrected chi connectivity index (χ2v) is 16.1. The molecule has 0 aliphatic carbocycles. The van der Waals surface area contributed by atoms with Crippen molar-refractivity contribution in [2.75, 3.05) is 19.7 Å². The molecule has 0 radical (unpaired) electrons. The van der Waals surface area contributed by atoms with Crippen LogP contribution in [0, 0.1) is 5.41 Å². The van der Waals surface area contributed by atoms with Crippen molar-refractivity contribution in [2.45, 2.75) is 51.2 Å². The lowest BCUT2D eigenvalue weighted by atomic mass is 9.85. The summed E-state index contributed by atoms with van der Waals surface area (Å²) in [6, 6.07) is 19.5. The van der Waals surface area contributed by atoms with Gasteiger partial charge in [-0.1, -0.05) is 81.4 Å². The van der Waals surface area contributed by atoms with Gasteiger partial charge >= 0.3 is 13.3 Å². The number of carbonyl (C=O) groups excluding carboxylic acids is 3. The fraction of sp³-hybridized carbons (Fsp3) is 0.343. The van der Waals surface area contributed by atoms with Gasteiger partial charge in [0.05, 0.1) is 18.0 Å². The van der Waals surface area contributed by atoms with Gasteiger partial charge in [0, 0.05) is 23.4 Å². The van der Waals surface area contributed by atoms with Crippen LogP contribution in [-0.4, -0.2) is 63.0 Å². The Morgan fingerprint density at radius 3 is 2.39 bits per heavy atom. The second kappa shape index (κ2) is 13.0. The first-order valence-corrected chi connectivity index (χ1v) is 18.1. The van der Waals surface area contributed by atoms with Gasteiger partial charge in [0.2, 0.25) is 11.8 Å². The minimum Gasteiger partial charge on any atom is -0.370 e. The predicted octanol–water partition coefficient (Wildman–Crippen LogP) is 5.96. The smallest absolute Gasteiger partial charge is 0.370 e. The number of hydrogen-bond donors (Lipinski definition) is 3. The molecule has 6 rings (SSSR count). The van der Waals surface area contributed by atoms with Crippen LogP contribution in [0.3, 0.4) is 0 Å². The van der Waals surface area contributed by atoms with Crippen LogP contribution in [0.4, 0.5) is 8.78 Å². The molecule has 3 aromatic carbocycles. The number of amides is 3. The molecule has 49 heavy (non-hydrogen) atoms. The Morgan fingerprint density at radius 2 is 1.69 bits per heavy atom. The minimum absolute atomic E-state index is 0.117. The van der Waals surface area contributed by atoms with Gasteiger partial charge in [-0.25, -0.2) is 0 Å². The van der Waals surface area contributed by atoms with Crippen LogP contribution in [0.1, 0.15) is 64.8 Å². The van der Waals surface area contributed by atoms with Gasteiger partial charge in [-0.05, 0) is 45.7 Å². The Labute approximate surface area is 285 Å². The van der Waals surface area contributed by atoms with Crippen LogP contribution in [0.5, 0.6) is 0 Å². The topological polar surface area (TPSA) is 136 Å². The molecule has 3 heterocycles. The molecular weight excluding hydrogens is 675 g/mol. The van der Waals surface area contributed by atoms with E-state index in [2.05, 4.69) is 5.32 Å². The van der Waals surface area contributed by atoms with Crippen molar-refractivity contribution in [3.8, 4) is 0 Å². The fourth-order valence-corrected chi connectivity index (χ4v) is 7.70. The molecule has 1 aromatic heterocycles. The standard InChI is InChI=1S/C35H36F2N3O7PS/c1-34(2,3)30(38-31(41)28-18-23-17-24(13-14-27(23)49-28)35(36,37)48(44,45)46)33(43)40-19-22-11-7-8-12-25(22)29(40)32(42)39-15-16-47-26(20-39)21-9-5-4-6-10-21/h4-14,17-18,26,29-30H,15-16,19-20H2,1-3H3,(H,38,41)(H2,44,45,46)/t26-,29-,30+/m0/s1.